The standard InChI is InChI=1S/C34H36N4O5/c1-36-29(19-23-11-4-2-5-12-23)33(41)38-30(21-31(39)43-22-24-13-6-3-7-14-24)34(42)37-28(32(35)40)20-26-17-10-16-25-15-8-9-18-27(25)26/h2-18,28-30,36H,19-22H2,1H3,(H2,35,40)(H,37,42)(H,38,41)/t28-,29-,30-/m0/s1. The summed E-state index contributed by atoms with van der Waals surface area (Å²) >= 11 is 0. The summed E-state index contributed by atoms with van der Waals surface area (Å²) in [5, 5.41) is 10.2. The number of nitrogens with two attached hydrogens (primary N) is 1. The van der Waals surface area contributed by atoms with E-state index in [2.05, 4.69) is 16.0 Å². The first-order valence-electron chi connectivity index (χ1n) is 14.1. The highest BCUT2D eigenvalue weighted by atomic mass is 16.5. The number of likely N-dealkylation sites (N-methyl/N-ethyl adjacent to an activating group) is 1. The summed E-state index contributed by atoms with van der Waals surface area (Å²) in [6.45, 7) is 0.0140. The van der Waals surface area contributed by atoms with Gasteiger partial charge in [0.15, 0.2) is 0 Å². The van der Waals surface area contributed by atoms with Gasteiger partial charge in [-0.05, 0) is 40.9 Å². The highest BCUT2D eigenvalue weighted by Crippen LogP contribution is 2.20. The number of benzene rings is 4. The first kappa shape index (κ1) is 30.9. The molecule has 0 bridgehead atoms. The maximum Gasteiger partial charge on any atom is 0.308 e. The number of primary amides is 1. The molecule has 0 fully saturated rings. The Hall–Kier alpha value is -5.02. The van der Waals surface area contributed by atoms with Crippen LogP contribution in [0.2, 0.25) is 0 Å². The highest BCUT2D eigenvalue weighted by Gasteiger charge is 2.30. The Morgan fingerprint density at radius 3 is 1.93 bits per heavy atom. The zero-order valence-corrected chi connectivity index (χ0v) is 24.0. The first-order valence-corrected chi connectivity index (χ1v) is 14.1. The van der Waals surface area contributed by atoms with Crippen LogP contribution in [0.4, 0.5) is 0 Å². The number of esters is 1. The molecule has 0 aliphatic rings. The molecule has 0 aliphatic heterocycles. The van der Waals surface area contributed by atoms with Gasteiger partial charge in [0.25, 0.3) is 0 Å². The van der Waals surface area contributed by atoms with E-state index in [-0.39, 0.29) is 13.0 Å². The number of hydrogen-bond donors (Lipinski definition) is 4. The molecule has 0 saturated carbocycles. The van der Waals surface area contributed by atoms with Crippen molar-refractivity contribution < 1.29 is 23.9 Å². The van der Waals surface area contributed by atoms with E-state index >= 15 is 0 Å². The molecule has 43 heavy (non-hydrogen) atoms. The van der Waals surface area contributed by atoms with Crippen molar-refractivity contribution in [2.45, 2.75) is 44.0 Å². The minimum absolute atomic E-state index is 0.0140. The molecule has 0 aromatic heterocycles. The number of hydrogen-bond acceptors (Lipinski definition) is 6. The maximum absolute atomic E-state index is 13.6. The van der Waals surface area contributed by atoms with Crippen LogP contribution in [-0.2, 0) is 43.4 Å². The number of nitrogens with one attached hydrogen (secondary N) is 3. The number of fused-ring (bicyclic) bond motifs is 1. The minimum Gasteiger partial charge on any atom is -0.461 e. The second kappa shape index (κ2) is 15.3. The summed E-state index contributed by atoms with van der Waals surface area (Å²) in [5.74, 6) is -2.62. The van der Waals surface area contributed by atoms with E-state index in [9.17, 15) is 19.2 Å². The van der Waals surface area contributed by atoms with Crippen LogP contribution in [0.1, 0.15) is 23.1 Å². The quantitative estimate of drug-likeness (QED) is 0.169. The molecule has 0 aliphatic carbocycles. The van der Waals surface area contributed by atoms with E-state index in [0.29, 0.717) is 6.42 Å². The molecular weight excluding hydrogens is 544 g/mol. The van der Waals surface area contributed by atoms with Crippen molar-refractivity contribution in [1.29, 1.82) is 0 Å². The molecule has 0 radical (unpaired) electrons. The third-order valence-electron chi connectivity index (χ3n) is 7.16. The Balaban J connectivity index is 1.50. The molecule has 3 amide bonds. The summed E-state index contributed by atoms with van der Waals surface area (Å²) in [5.41, 5.74) is 8.23. The summed E-state index contributed by atoms with van der Waals surface area (Å²) in [6.07, 6.45) is 0.0571. The summed E-state index contributed by atoms with van der Waals surface area (Å²) in [6, 6.07) is 28.9. The van der Waals surface area contributed by atoms with Crippen molar-refractivity contribution in [2.24, 2.45) is 5.73 Å². The lowest BCUT2D eigenvalue weighted by Gasteiger charge is -2.24. The molecular formula is C34H36N4O5. The van der Waals surface area contributed by atoms with E-state index in [1.807, 2.05) is 103 Å². The zero-order chi connectivity index (χ0) is 30.6. The highest BCUT2D eigenvalue weighted by molar-refractivity contribution is 5.95. The lowest BCUT2D eigenvalue weighted by Crippen LogP contribution is -2.56. The fraction of sp³-hybridized carbons (Fsp3) is 0.235. The fourth-order valence-electron chi connectivity index (χ4n) is 4.81. The average Bonchev–Trinajstić information content (AvgIpc) is 3.03. The van der Waals surface area contributed by atoms with Crippen LogP contribution in [0.15, 0.2) is 103 Å². The van der Waals surface area contributed by atoms with Crippen LogP contribution in [0.5, 0.6) is 0 Å². The molecule has 9 heteroatoms. The molecule has 9 nitrogen and oxygen atoms in total. The predicted octanol–water partition coefficient (Wildman–Crippen LogP) is 2.80. The van der Waals surface area contributed by atoms with E-state index in [1.165, 1.54) is 0 Å². The van der Waals surface area contributed by atoms with Gasteiger partial charge in [0.05, 0.1) is 12.5 Å². The topological polar surface area (TPSA) is 140 Å². The second-order valence-corrected chi connectivity index (χ2v) is 10.2. The Morgan fingerprint density at radius 1 is 0.674 bits per heavy atom. The third kappa shape index (κ3) is 8.98. The summed E-state index contributed by atoms with van der Waals surface area (Å²) in [7, 11) is 1.64. The van der Waals surface area contributed by atoms with Gasteiger partial charge >= 0.3 is 5.97 Å². The molecule has 4 aromatic carbocycles. The SMILES string of the molecule is CN[C@@H](Cc1ccccc1)C(=O)N[C@@H](CC(=O)OCc1ccccc1)C(=O)N[C@@H](Cc1cccc2ccccc12)C(N)=O. The normalized spacial score (nSPS) is 13.0. The maximum atomic E-state index is 13.6. The first-order chi connectivity index (χ1) is 20.8. The van der Waals surface area contributed by atoms with Gasteiger partial charge in [0, 0.05) is 6.42 Å². The van der Waals surface area contributed by atoms with Crippen LogP contribution >= 0.6 is 0 Å². The summed E-state index contributed by atoms with van der Waals surface area (Å²) < 4.78 is 5.39. The molecule has 3 atom stereocenters. The molecule has 4 rings (SSSR count). The van der Waals surface area contributed by atoms with Gasteiger partial charge in [0.2, 0.25) is 17.7 Å². The van der Waals surface area contributed by atoms with Crippen LogP contribution in [0.25, 0.3) is 10.8 Å². The van der Waals surface area contributed by atoms with E-state index in [1.54, 1.807) is 7.05 Å². The fourth-order valence-corrected chi connectivity index (χ4v) is 4.81. The Kier molecular flexibility index (Phi) is 11.0. The minimum atomic E-state index is -1.31. The smallest absolute Gasteiger partial charge is 0.308 e. The number of amides is 3. The number of carbonyl (C=O) groups excluding carboxylic acids is 4. The predicted molar refractivity (Wildman–Crippen MR) is 165 cm³/mol. The molecule has 222 valence electrons. The molecule has 0 saturated heterocycles. The van der Waals surface area contributed by atoms with Crippen LogP contribution in [0.3, 0.4) is 0 Å². The molecule has 0 unspecified atom stereocenters. The third-order valence-corrected chi connectivity index (χ3v) is 7.16. The lowest BCUT2D eigenvalue weighted by atomic mass is 9.98. The molecule has 0 heterocycles. The van der Waals surface area contributed by atoms with Crippen LogP contribution in [0, 0.1) is 0 Å². The van der Waals surface area contributed by atoms with Crippen LogP contribution in [-0.4, -0.2) is 48.9 Å². The van der Waals surface area contributed by atoms with Gasteiger partial charge in [-0.15, -0.1) is 0 Å². The van der Waals surface area contributed by atoms with Gasteiger partial charge in [-0.3, -0.25) is 19.2 Å². The number of carbonyl (C=O) groups is 4. The van der Waals surface area contributed by atoms with Crippen molar-refractivity contribution in [3.05, 3.63) is 120 Å². The van der Waals surface area contributed by atoms with Crippen LogP contribution < -0.4 is 21.7 Å². The van der Waals surface area contributed by atoms with Gasteiger partial charge < -0.3 is 26.4 Å². The monoisotopic (exact) mass is 580 g/mol. The van der Waals surface area contributed by atoms with Crippen molar-refractivity contribution in [1.82, 2.24) is 16.0 Å². The number of rotatable bonds is 14. The van der Waals surface area contributed by atoms with Crippen molar-refractivity contribution in [2.75, 3.05) is 7.05 Å². The second-order valence-electron chi connectivity index (χ2n) is 10.2. The van der Waals surface area contributed by atoms with Crippen molar-refractivity contribution in [3.63, 3.8) is 0 Å². The van der Waals surface area contributed by atoms with Gasteiger partial charge in [-0.25, -0.2) is 0 Å². The molecule has 0 spiro atoms. The number of ether oxygens (including phenoxy) is 1. The zero-order valence-electron chi connectivity index (χ0n) is 24.0. The van der Waals surface area contributed by atoms with E-state index in [0.717, 1.165) is 27.5 Å². The van der Waals surface area contributed by atoms with Gasteiger partial charge in [-0.1, -0.05) is 103 Å². The van der Waals surface area contributed by atoms with Crippen molar-refractivity contribution in [3.8, 4) is 0 Å². The van der Waals surface area contributed by atoms with E-state index in [4.69, 9.17) is 10.5 Å². The van der Waals surface area contributed by atoms with E-state index < -0.39 is 48.2 Å². The molecule has 5 N–H and O–H groups in total. The Bertz CT molecular complexity index is 1540. The largest absolute Gasteiger partial charge is 0.461 e. The van der Waals surface area contributed by atoms with Gasteiger partial charge in [0.1, 0.15) is 18.7 Å². The van der Waals surface area contributed by atoms with Crippen molar-refractivity contribution >= 4 is 34.5 Å². The summed E-state index contributed by atoms with van der Waals surface area (Å²) in [4.78, 5) is 52.2. The average molecular weight is 581 g/mol. The Labute approximate surface area is 250 Å². The molecule has 4 aromatic rings. The van der Waals surface area contributed by atoms with Gasteiger partial charge in [-0.2, -0.15) is 0 Å². The Morgan fingerprint density at radius 2 is 1.26 bits per heavy atom. The lowest BCUT2D eigenvalue weighted by molar-refractivity contribution is -0.147.